The van der Waals surface area contributed by atoms with Crippen LogP contribution in [0.1, 0.15) is 21.6 Å². The summed E-state index contributed by atoms with van der Waals surface area (Å²) in [6.07, 6.45) is 2.55. The van der Waals surface area contributed by atoms with Gasteiger partial charge in [-0.25, -0.2) is 0 Å². The number of hydrogen-bond donors (Lipinski definition) is 0. The van der Waals surface area contributed by atoms with E-state index in [4.69, 9.17) is 4.74 Å². The second-order valence-corrected chi connectivity index (χ2v) is 3.77. The molecule has 4 heteroatoms. The van der Waals surface area contributed by atoms with Gasteiger partial charge in [-0.15, -0.1) is 0 Å². The van der Waals surface area contributed by atoms with E-state index in [1.165, 1.54) is 0 Å². The largest absolute Gasteiger partial charge is 0.378 e. The number of hydrogen-bond acceptors (Lipinski definition) is 3. The first kappa shape index (κ1) is 11.5. The number of carbonyl (C=O) groups is 1. The summed E-state index contributed by atoms with van der Waals surface area (Å²) in [5.74, 6) is 0. The van der Waals surface area contributed by atoms with E-state index in [-0.39, 0.29) is 0 Å². The molecule has 4 nitrogen and oxygen atoms in total. The number of rotatable bonds is 5. The van der Waals surface area contributed by atoms with E-state index < -0.39 is 0 Å². The number of benzene rings is 1. The zero-order valence-electron chi connectivity index (χ0n) is 9.67. The molecular formula is C13H14N2O2. The number of nitrogens with zero attached hydrogens (tertiary/aromatic N) is 2. The molecule has 1 aromatic carbocycles. The lowest BCUT2D eigenvalue weighted by Crippen LogP contribution is -2.01. The number of carbonyl (C=O) groups excluding carboxylic acids is 1. The van der Waals surface area contributed by atoms with Crippen molar-refractivity contribution in [3.8, 4) is 0 Å². The van der Waals surface area contributed by atoms with Crippen LogP contribution in [0.15, 0.2) is 36.5 Å². The van der Waals surface area contributed by atoms with Gasteiger partial charge in [0.05, 0.1) is 24.4 Å². The maximum atomic E-state index is 10.9. The molecule has 0 spiro atoms. The van der Waals surface area contributed by atoms with Crippen molar-refractivity contribution in [1.82, 2.24) is 9.78 Å². The highest BCUT2D eigenvalue weighted by atomic mass is 16.5. The molecule has 0 radical (unpaired) electrons. The van der Waals surface area contributed by atoms with Crippen LogP contribution < -0.4 is 0 Å². The lowest BCUT2D eigenvalue weighted by atomic mass is 10.2. The van der Waals surface area contributed by atoms with Crippen LogP contribution in [0.4, 0.5) is 0 Å². The van der Waals surface area contributed by atoms with E-state index >= 15 is 0 Å². The van der Waals surface area contributed by atoms with Gasteiger partial charge in [0.1, 0.15) is 0 Å². The van der Waals surface area contributed by atoms with E-state index in [0.29, 0.717) is 24.4 Å². The third kappa shape index (κ3) is 2.79. The second-order valence-electron chi connectivity index (χ2n) is 3.77. The Morgan fingerprint density at radius 2 is 2.12 bits per heavy atom. The minimum atomic E-state index is 0.357. The van der Waals surface area contributed by atoms with Crippen LogP contribution in [-0.4, -0.2) is 23.2 Å². The third-order valence-electron chi connectivity index (χ3n) is 2.47. The molecule has 0 N–H and O–H groups in total. The summed E-state index contributed by atoms with van der Waals surface area (Å²) in [4.78, 5) is 10.9. The van der Waals surface area contributed by atoms with Crippen molar-refractivity contribution >= 4 is 6.29 Å². The predicted octanol–water partition coefficient (Wildman–Crippen LogP) is 1.89. The molecule has 0 aliphatic carbocycles. The Bertz CT molecular complexity index is 491. The summed E-state index contributed by atoms with van der Waals surface area (Å²) in [7, 11) is 1.59. The molecule has 0 aliphatic rings. The quantitative estimate of drug-likeness (QED) is 0.737. The Balaban J connectivity index is 2.19. The monoisotopic (exact) mass is 230 g/mol. The molecule has 2 aromatic rings. The van der Waals surface area contributed by atoms with Crippen molar-refractivity contribution in [3.63, 3.8) is 0 Å². The van der Waals surface area contributed by atoms with Crippen LogP contribution in [0, 0.1) is 0 Å². The minimum Gasteiger partial charge on any atom is -0.378 e. The number of aldehydes is 1. The highest BCUT2D eigenvalue weighted by Crippen LogP contribution is 2.08. The van der Waals surface area contributed by atoms with Crippen molar-refractivity contribution in [2.45, 2.75) is 13.2 Å². The first-order valence-corrected chi connectivity index (χ1v) is 5.38. The molecule has 2 rings (SSSR count). The summed E-state index contributed by atoms with van der Waals surface area (Å²) >= 11 is 0. The summed E-state index contributed by atoms with van der Waals surface area (Å²) in [6.45, 7) is 1.02. The molecule has 88 valence electrons. The van der Waals surface area contributed by atoms with Crippen LogP contribution in [0.2, 0.25) is 0 Å². The molecule has 0 atom stereocenters. The van der Waals surface area contributed by atoms with Crippen molar-refractivity contribution in [2.75, 3.05) is 7.11 Å². The lowest BCUT2D eigenvalue weighted by Gasteiger charge is -2.00. The summed E-state index contributed by atoms with van der Waals surface area (Å²) in [5.41, 5.74) is 2.41. The van der Waals surface area contributed by atoms with Gasteiger partial charge in [-0.2, -0.15) is 5.10 Å². The maximum Gasteiger partial charge on any atom is 0.153 e. The average Bonchev–Trinajstić information content (AvgIpc) is 2.73. The highest BCUT2D eigenvalue weighted by molar-refractivity contribution is 5.75. The van der Waals surface area contributed by atoms with Crippen molar-refractivity contribution in [1.29, 1.82) is 0 Å². The first-order valence-electron chi connectivity index (χ1n) is 5.38. The van der Waals surface area contributed by atoms with Gasteiger partial charge >= 0.3 is 0 Å². The smallest absolute Gasteiger partial charge is 0.153 e. The van der Waals surface area contributed by atoms with E-state index in [1.807, 2.05) is 30.3 Å². The van der Waals surface area contributed by atoms with Crippen LogP contribution in [0.3, 0.4) is 0 Å². The third-order valence-corrected chi connectivity index (χ3v) is 2.47. The molecule has 0 saturated carbocycles. The number of aromatic nitrogens is 2. The van der Waals surface area contributed by atoms with Crippen molar-refractivity contribution in [3.05, 3.63) is 53.3 Å². The zero-order valence-corrected chi connectivity index (χ0v) is 9.67. The summed E-state index contributed by atoms with van der Waals surface area (Å²) in [5, 5.41) is 4.33. The molecule has 0 fully saturated rings. The molecule has 1 aromatic heterocycles. The van der Waals surface area contributed by atoms with Gasteiger partial charge in [0, 0.05) is 13.3 Å². The van der Waals surface area contributed by atoms with Gasteiger partial charge in [-0.05, 0) is 5.56 Å². The lowest BCUT2D eigenvalue weighted by molar-refractivity contribution is 0.111. The summed E-state index contributed by atoms with van der Waals surface area (Å²) < 4.78 is 6.76. The average molecular weight is 230 g/mol. The van der Waals surface area contributed by atoms with Crippen molar-refractivity contribution in [2.24, 2.45) is 0 Å². The summed E-state index contributed by atoms with van der Waals surface area (Å²) in [6, 6.07) is 9.99. The normalized spacial score (nSPS) is 10.4. The van der Waals surface area contributed by atoms with Crippen molar-refractivity contribution < 1.29 is 9.53 Å². The Morgan fingerprint density at radius 1 is 1.35 bits per heavy atom. The van der Waals surface area contributed by atoms with Gasteiger partial charge in [0.15, 0.2) is 6.29 Å². The van der Waals surface area contributed by atoms with Crippen LogP contribution in [-0.2, 0) is 17.9 Å². The van der Waals surface area contributed by atoms with E-state index in [1.54, 1.807) is 18.0 Å². The van der Waals surface area contributed by atoms with Gasteiger partial charge in [0.2, 0.25) is 0 Å². The van der Waals surface area contributed by atoms with Crippen LogP contribution >= 0.6 is 0 Å². The molecule has 0 aliphatic heterocycles. The topological polar surface area (TPSA) is 44.1 Å². The Morgan fingerprint density at radius 3 is 2.76 bits per heavy atom. The van der Waals surface area contributed by atoms with Gasteiger partial charge in [-0.1, -0.05) is 30.3 Å². The molecular weight excluding hydrogens is 216 g/mol. The van der Waals surface area contributed by atoms with Crippen LogP contribution in [0.5, 0.6) is 0 Å². The molecule has 0 unspecified atom stereocenters. The predicted molar refractivity (Wildman–Crippen MR) is 63.9 cm³/mol. The molecule has 1 heterocycles. The zero-order chi connectivity index (χ0) is 12.1. The fraction of sp³-hybridized carbons (Fsp3) is 0.231. The maximum absolute atomic E-state index is 10.9. The van der Waals surface area contributed by atoms with E-state index in [9.17, 15) is 4.79 Å². The Labute approximate surface area is 99.8 Å². The highest BCUT2D eigenvalue weighted by Gasteiger charge is 2.07. The van der Waals surface area contributed by atoms with Gasteiger partial charge in [0.25, 0.3) is 0 Å². The fourth-order valence-electron chi connectivity index (χ4n) is 1.68. The first-order chi connectivity index (χ1) is 8.33. The van der Waals surface area contributed by atoms with E-state index in [2.05, 4.69) is 5.10 Å². The van der Waals surface area contributed by atoms with Gasteiger partial charge < -0.3 is 4.74 Å². The standard InChI is InChI=1S/C13H14N2O2/c1-17-10-13-12(9-16)8-15(14-13)7-11-5-3-2-4-6-11/h2-6,8-9H,7,10H2,1H3. The van der Waals surface area contributed by atoms with Gasteiger partial charge in [-0.3, -0.25) is 9.48 Å². The minimum absolute atomic E-state index is 0.357. The molecule has 17 heavy (non-hydrogen) atoms. The molecule has 0 bridgehead atoms. The number of ether oxygens (including phenoxy) is 1. The Kier molecular flexibility index (Phi) is 3.67. The fourth-order valence-corrected chi connectivity index (χ4v) is 1.68. The van der Waals surface area contributed by atoms with Crippen LogP contribution in [0.25, 0.3) is 0 Å². The molecule has 0 saturated heterocycles. The Hall–Kier alpha value is -1.94. The second kappa shape index (κ2) is 5.41. The number of methoxy groups -OCH3 is 1. The SMILES string of the molecule is COCc1nn(Cc2ccccc2)cc1C=O. The molecule has 0 amide bonds. The van der Waals surface area contributed by atoms with E-state index in [0.717, 1.165) is 11.8 Å².